The zero-order valence-electron chi connectivity index (χ0n) is 9.78. The molecule has 5 nitrogen and oxygen atoms in total. The number of nitrogens with one attached hydrogen (secondary N) is 1. The molecule has 1 amide bonds. The first-order chi connectivity index (χ1) is 7.51. The van der Waals surface area contributed by atoms with E-state index < -0.39 is 12.0 Å². The maximum absolute atomic E-state index is 11.4. The van der Waals surface area contributed by atoms with E-state index in [1.165, 1.54) is 12.5 Å². The summed E-state index contributed by atoms with van der Waals surface area (Å²) in [4.78, 5) is 32.6. The van der Waals surface area contributed by atoms with Crippen LogP contribution in [-0.2, 0) is 19.1 Å². The number of hydrogen-bond donors (Lipinski definition) is 1. The molecule has 0 saturated carbocycles. The third kappa shape index (κ3) is 7.30. The Morgan fingerprint density at radius 3 is 2.47 bits per heavy atom. The molecule has 0 spiro atoms. The van der Waals surface area contributed by atoms with Crippen LogP contribution in [0.4, 0.5) is 0 Å². The van der Waals surface area contributed by atoms with Gasteiger partial charge in [-0.1, -0.05) is 6.58 Å². The summed E-state index contributed by atoms with van der Waals surface area (Å²) in [5.74, 6) is -0.745. The predicted octanol–water partition coefficient (Wildman–Crippen LogP) is 0.499. The molecule has 0 heterocycles. The normalized spacial score (nSPS) is 11.0. The molecule has 0 radical (unpaired) electrons. The van der Waals surface area contributed by atoms with E-state index in [2.05, 4.69) is 11.9 Å². The molecule has 0 aliphatic carbocycles. The van der Waals surface area contributed by atoms with Gasteiger partial charge in [-0.2, -0.15) is 6.41 Å². The van der Waals surface area contributed by atoms with Crippen molar-refractivity contribution < 1.29 is 19.1 Å². The Hall–Kier alpha value is -2.65. The van der Waals surface area contributed by atoms with Crippen molar-refractivity contribution >= 4 is 18.2 Å². The number of allylic oxidation sites excluding steroid dienone is 1. The van der Waals surface area contributed by atoms with E-state index in [1.54, 1.807) is 13.8 Å². The Kier molecular flexibility index (Phi) is 8.52. The molecule has 0 aromatic rings. The summed E-state index contributed by atoms with van der Waals surface area (Å²) in [5.41, 5.74) is 0. The van der Waals surface area contributed by atoms with Gasteiger partial charge in [0.1, 0.15) is 0 Å². The topological polar surface area (TPSA) is 72.5 Å². The second-order valence-corrected chi connectivity index (χ2v) is 3.49. The first-order valence-electron chi connectivity index (χ1n) is 4.99. The summed E-state index contributed by atoms with van der Waals surface area (Å²) in [6.07, 6.45) is 2.66. The van der Waals surface area contributed by atoms with Crippen molar-refractivity contribution in [3.05, 3.63) is 12.7 Å². The van der Waals surface area contributed by atoms with E-state index in [9.17, 15) is 14.4 Å². The molecule has 0 aliphatic rings. The first kappa shape index (κ1) is 16.8. The van der Waals surface area contributed by atoms with Crippen LogP contribution in [0, 0.1) is 0 Å². The largest absolute Gasteiger partial charge is 0.520 e. The number of rotatable bonds is 8. The van der Waals surface area contributed by atoms with Crippen molar-refractivity contribution in [3.63, 3.8) is 0 Å². The van der Waals surface area contributed by atoms with Crippen LogP contribution in [0.25, 0.3) is 0 Å². The van der Waals surface area contributed by atoms with Gasteiger partial charge < -0.3 is 14.8 Å². The molecule has 1 N–H and O–H groups in total. The number of ketones is 1. The average Bonchev–Trinajstić information content (AvgIpc) is 2.22. The maximum Gasteiger partial charge on any atom is 0.326 e. The minimum absolute atomic E-state index is 0. The maximum atomic E-state index is 11.4. The van der Waals surface area contributed by atoms with Crippen LogP contribution in [0.5, 0.6) is 0 Å². The number of ether oxygens (including phenoxy) is 1. The van der Waals surface area contributed by atoms with Crippen molar-refractivity contribution in [1.29, 1.82) is 0 Å². The van der Waals surface area contributed by atoms with Gasteiger partial charge in [-0.3, -0.25) is 4.79 Å². The molecule has 6 heteroatoms. The minimum atomic E-state index is -0.830. The van der Waals surface area contributed by atoms with E-state index in [-0.39, 0.29) is 24.7 Å². The zero-order valence-corrected chi connectivity index (χ0v) is 12.2. The number of carbonyl (C=O) groups is 2. The Morgan fingerprint density at radius 2 is 2.06 bits per heavy atom. The third-order valence-electron chi connectivity index (χ3n) is 1.78. The fraction of sp³-hybridized carbons (Fsp3) is 0.545. The Balaban J connectivity index is 0. The average molecular weight is 483 g/mol. The summed E-state index contributed by atoms with van der Waals surface area (Å²) in [6, 6.07) is -0.830. The molecule has 0 fully saturated rings. The predicted molar refractivity (Wildman–Crippen MR) is 58.3 cm³/mol. The minimum Gasteiger partial charge on any atom is -0.520 e. The van der Waals surface area contributed by atoms with Gasteiger partial charge in [0.2, 0.25) is 0 Å². The van der Waals surface area contributed by atoms with Crippen LogP contribution in [0.2, 0.25) is 0 Å². The number of carbonyl (C=O) groups excluding carboxylic acids is 3. The number of hydrogen-bond acceptors (Lipinski definition) is 4. The SMILES string of the molecule is C=CC(=O)CCC(N[C-]=O)C(=O)OC(C)C.[Fm]. The van der Waals surface area contributed by atoms with E-state index in [4.69, 9.17) is 4.74 Å². The van der Waals surface area contributed by atoms with E-state index in [0.717, 1.165) is 0 Å². The molecular formula is C11H16FmNO4-. The van der Waals surface area contributed by atoms with E-state index >= 15 is 0 Å². The second kappa shape index (κ2) is 8.64. The molecule has 1 atom stereocenters. The van der Waals surface area contributed by atoms with Crippen LogP contribution in [0.15, 0.2) is 12.7 Å². The Morgan fingerprint density at radius 1 is 1.47 bits per heavy atom. The summed E-state index contributed by atoms with van der Waals surface area (Å²) in [6.45, 7) is 6.72. The fourth-order valence-corrected chi connectivity index (χ4v) is 1.02. The smallest absolute Gasteiger partial charge is 0.326 e. The standard InChI is InChI=1S/C11H16NO4.Fm/c1-4-9(14)5-6-10(12-7-13)11(15)16-8(2)3;/h4,8,10H,1,5-6H2,2-3H3,(H,12,13);/q-1;. The van der Waals surface area contributed by atoms with Gasteiger partial charge in [0.15, 0.2) is 5.78 Å². The molecule has 17 heavy (non-hydrogen) atoms. The van der Waals surface area contributed by atoms with Gasteiger partial charge in [-0.15, -0.1) is 0 Å². The van der Waals surface area contributed by atoms with Gasteiger partial charge in [0, 0.05) is 6.42 Å². The molecule has 102 valence electrons. The molecule has 0 aromatic heterocycles. The zero-order chi connectivity index (χ0) is 12.6. The molecular weight excluding hydrogens is 467 g/mol. The van der Waals surface area contributed by atoms with Crippen molar-refractivity contribution in [2.75, 3.05) is 0 Å². The summed E-state index contributed by atoms with van der Waals surface area (Å²) in [7, 11) is 0. The second-order valence-electron chi connectivity index (χ2n) is 3.49. The molecule has 0 bridgehead atoms. The molecule has 0 saturated heterocycles. The van der Waals surface area contributed by atoms with Crippen LogP contribution in [-0.4, -0.2) is 30.3 Å². The van der Waals surface area contributed by atoms with Gasteiger partial charge in [0.25, 0.3) is 0 Å². The van der Waals surface area contributed by atoms with E-state index in [0.29, 0.717) is 0 Å². The summed E-state index contributed by atoms with van der Waals surface area (Å²) in [5, 5.41) is 2.20. The van der Waals surface area contributed by atoms with Crippen molar-refractivity contribution in [2.45, 2.75) is 38.8 Å². The molecule has 0 aliphatic heterocycles. The molecule has 1 unspecified atom stereocenters. The molecule has 0 aromatic carbocycles. The van der Waals surface area contributed by atoms with Crippen molar-refractivity contribution in [2.24, 2.45) is 0 Å². The number of amides is 1. The van der Waals surface area contributed by atoms with Crippen LogP contribution in [0.3, 0.4) is 0 Å². The third-order valence-corrected chi connectivity index (χ3v) is 1.78. The molecule has 0 rings (SSSR count). The number of esters is 1. The van der Waals surface area contributed by atoms with Crippen LogP contribution in [0.1, 0.15) is 26.7 Å². The fourth-order valence-electron chi connectivity index (χ4n) is 1.02. The van der Waals surface area contributed by atoms with Crippen molar-refractivity contribution in [3.8, 4) is 0 Å². The van der Waals surface area contributed by atoms with Crippen LogP contribution >= 0.6 is 0 Å². The Bertz CT molecular complexity index is 279. The summed E-state index contributed by atoms with van der Waals surface area (Å²) < 4.78 is 4.91. The first-order valence-corrected chi connectivity index (χ1v) is 4.99. The summed E-state index contributed by atoms with van der Waals surface area (Å²) >= 11 is 0. The van der Waals surface area contributed by atoms with Gasteiger partial charge in [-0.05, 0) is 26.3 Å². The van der Waals surface area contributed by atoms with Gasteiger partial charge in [-0.25, -0.2) is 4.79 Å². The van der Waals surface area contributed by atoms with Crippen LogP contribution < -0.4 is 5.32 Å². The van der Waals surface area contributed by atoms with E-state index in [1.807, 2.05) is 0 Å². The van der Waals surface area contributed by atoms with Crippen molar-refractivity contribution in [1.82, 2.24) is 5.32 Å². The quantitative estimate of drug-likeness (QED) is 0.236. The monoisotopic (exact) mass is 483 g/mol. The Labute approximate surface area is 94.8 Å². The van der Waals surface area contributed by atoms with Gasteiger partial charge in [0.05, 0.1) is 12.1 Å². The van der Waals surface area contributed by atoms with Gasteiger partial charge >= 0.3 is 5.97 Å².